The Morgan fingerprint density at radius 1 is 1.50 bits per heavy atom. The summed E-state index contributed by atoms with van der Waals surface area (Å²) in [6.45, 7) is 3.94. The second-order valence-corrected chi connectivity index (χ2v) is 5.04. The van der Waals surface area contributed by atoms with E-state index in [-0.39, 0.29) is 11.9 Å². The molecule has 0 saturated carbocycles. The number of nitrogens with zero attached hydrogens (tertiary/aromatic N) is 3. The van der Waals surface area contributed by atoms with Gasteiger partial charge in [-0.05, 0) is 19.4 Å². The Kier molecular flexibility index (Phi) is 4.22. The molecule has 1 amide bonds. The summed E-state index contributed by atoms with van der Waals surface area (Å²) in [6, 6.07) is 1.72. The van der Waals surface area contributed by atoms with Crippen LogP contribution in [0.2, 0.25) is 0 Å². The number of carbonyl (C=O) groups excluding carboxylic acids is 1. The Balaban J connectivity index is 1.64. The fourth-order valence-electron chi connectivity index (χ4n) is 2.51. The van der Waals surface area contributed by atoms with Crippen LogP contribution in [0, 0.1) is 0 Å². The van der Waals surface area contributed by atoms with E-state index in [0.29, 0.717) is 24.6 Å². The first kappa shape index (κ1) is 14.4. The van der Waals surface area contributed by atoms with Gasteiger partial charge in [-0.15, -0.1) is 0 Å². The molecule has 1 N–H and O–H groups in total. The summed E-state index contributed by atoms with van der Waals surface area (Å²) >= 11 is 0. The highest BCUT2D eigenvalue weighted by Gasteiger charge is 2.27. The zero-order valence-corrected chi connectivity index (χ0v) is 12.4. The summed E-state index contributed by atoms with van der Waals surface area (Å²) < 4.78 is 10.4. The maximum absolute atomic E-state index is 12.0. The fraction of sp³-hybridized carbons (Fsp3) is 0.400. The molecule has 22 heavy (non-hydrogen) atoms. The lowest BCUT2D eigenvalue weighted by atomic mass is 10.2. The van der Waals surface area contributed by atoms with Gasteiger partial charge in [0.2, 0.25) is 0 Å². The Bertz CT molecular complexity index is 629. The van der Waals surface area contributed by atoms with Crippen molar-refractivity contribution in [2.75, 3.05) is 24.6 Å². The Labute approximate surface area is 128 Å². The lowest BCUT2D eigenvalue weighted by Gasteiger charge is -2.19. The van der Waals surface area contributed by atoms with Crippen LogP contribution in [-0.4, -0.2) is 41.6 Å². The van der Waals surface area contributed by atoms with Crippen LogP contribution < -0.4 is 15.0 Å². The van der Waals surface area contributed by atoms with E-state index in [2.05, 4.69) is 20.2 Å². The molecule has 3 rings (SSSR count). The third-order valence-corrected chi connectivity index (χ3v) is 3.53. The van der Waals surface area contributed by atoms with Gasteiger partial charge < -0.3 is 19.4 Å². The lowest BCUT2D eigenvalue weighted by Crippen LogP contribution is -2.37. The van der Waals surface area contributed by atoms with Crippen molar-refractivity contribution >= 4 is 11.7 Å². The number of hydrogen-bond donors (Lipinski definition) is 1. The predicted molar refractivity (Wildman–Crippen MR) is 80.0 cm³/mol. The molecular weight excluding hydrogens is 284 g/mol. The van der Waals surface area contributed by atoms with Crippen molar-refractivity contribution in [3.8, 4) is 5.88 Å². The van der Waals surface area contributed by atoms with E-state index in [1.165, 1.54) is 12.5 Å². The van der Waals surface area contributed by atoms with Crippen molar-refractivity contribution in [3.63, 3.8) is 0 Å². The van der Waals surface area contributed by atoms with Crippen LogP contribution in [0.1, 0.15) is 23.7 Å². The van der Waals surface area contributed by atoms with Crippen LogP contribution in [0.4, 0.5) is 5.82 Å². The second-order valence-electron chi connectivity index (χ2n) is 5.04. The van der Waals surface area contributed by atoms with Gasteiger partial charge in [0.15, 0.2) is 5.82 Å². The topological polar surface area (TPSA) is 80.5 Å². The third kappa shape index (κ3) is 3.03. The van der Waals surface area contributed by atoms with Gasteiger partial charge >= 0.3 is 0 Å². The predicted octanol–water partition coefficient (Wildman–Crippen LogP) is 1.48. The minimum Gasteiger partial charge on any atom is -0.475 e. The lowest BCUT2D eigenvalue weighted by molar-refractivity contribution is 0.0940. The summed E-state index contributed by atoms with van der Waals surface area (Å²) in [5, 5.41) is 3.00. The summed E-state index contributed by atoms with van der Waals surface area (Å²) in [7, 11) is 0. The van der Waals surface area contributed by atoms with Crippen LogP contribution in [0.3, 0.4) is 0 Å². The summed E-state index contributed by atoms with van der Waals surface area (Å²) in [5.74, 6) is 1.14. The molecule has 7 nitrogen and oxygen atoms in total. The van der Waals surface area contributed by atoms with Crippen molar-refractivity contribution < 1.29 is 13.9 Å². The first-order valence-electron chi connectivity index (χ1n) is 7.29. The number of hydrogen-bond acceptors (Lipinski definition) is 6. The molecule has 1 aliphatic rings. The van der Waals surface area contributed by atoms with E-state index in [1.54, 1.807) is 18.5 Å². The molecule has 0 radical (unpaired) electrons. The number of anilines is 1. The molecule has 1 atom stereocenters. The average molecular weight is 302 g/mol. The van der Waals surface area contributed by atoms with Gasteiger partial charge in [-0.25, -0.2) is 9.97 Å². The minimum absolute atomic E-state index is 0.0684. The summed E-state index contributed by atoms with van der Waals surface area (Å²) in [4.78, 5) is 22.7. The average Bonchev–Trinajstić information content (AvgIpc) is 3.19. The molecule has 1 unspecified atom stereocenters. The highest BCUT2D eigenvalue weighted by Crippen LogP contribution is 2.26. The number of rotatable bonds is 5. The molecule has 7 heteroatoms. The molecular formula is C15H18N4O3. The first-order chi connectivity index (χ1) is 10.8. The van der Waals surface area contributed by atoms with E-state index in [0.717, 1.165) is 18.8 Å². The fourth-order valence-corrected chi connectivity index (χ4v) is 2.51. The van der Waals surface area contributed by atoms with Crippen LogP contribution in [0.5, 0.6) is 5.88 Å². The SMILES string of the molecule is CCOc1nccnc1N1CCC(NC(=O)c2ccoc2)C1. The zero-order chi connectivity index (χ0) is 15.4. The van der Waals surface area contributed by atoms with Gasteiger partial charge in [0.1, 0.15) is 6.26 Å². The molecule has 0 aromatic carbocycles. The summed E-state index contributed by atoms with van der Waals surface area (Å²) in [6.07, 6.45) is 7.05. The van der Waals surface area contributed by atoms with E-state index in [4.69, 9.17) is 9.15 Å². The Hall–Kier alpha value is -2.57. The van der Waals surface area contributed by atoms with Crippen molar-refractivity contribution in [2.24, 2.45) is 0 Å². The van der Waals surface area contributed by atoms with E-state index >= 15 is 0 Å². The molecule has 3 heterocycles. The molecule has 2 aromatic heterocycles. The van der Waals surface area contributed by atoms with Crippen LogP contribution in [0.25, 0.3) is 0 Å². The maximum atomic E-state index is 12.0. The second kappa shape index (κ2) is 6.46. The van der Waals surface area contributed by atoms with Crippen LogP contribution in [0.15, 0.2) is 35.4 Å². The Morgan fingerprint density at radius 2 is 2.36 bits per heavy atom. The molecule has 0 bridgehead atoms. The quantitative estimate of drug-likeness (QED) is 0.901. The van der Waals surface area contributed by atoms with Crippen molar-refractivity contribution in [1.82, 2.24) is 15.3 Å². The van der Waals surface area contributed by atoms with E-state index in [9.17, 15) is 4.79 Å². The Morgan fingerprint density at radius 3 is 3.14 bits per heavy atom. The van der Waals surface area contributed by atoms with E-state index in [1.807, 2.05) is 6.92 Å². The maximum Gasteiger partial charge on any atom is 0.257 e. The summed E-state index contributed by atoms with van der Waals surface area (Å²) in [5.41, 5.74) is 0.535. The largest absolute Gasteiger partial charge is 0.475 e. The zero-order valence-electron chi connectivity index (χ0n) is 12.4. The highest BCUT2D eigenvalue weighted by atomic mass is 16.5. The third-order valence-electron chi connectivity index (χ3n) is 3.53. The molecule has 0 spiro atoms. The van der Waals surface area contributed by atoms with Gasteiger partial charge in [0.25, 0.3) is 11.8 Å². The van der Waals surface area contributed by atoms with Crippen LogP contribution in [-0.2, 0) is 0 Å². The van der Waals surface area contributed by atoms with Gasteiger partial charge in [0.05, 0.1) is 18.4 Å². The minimum atomic E-state index is -0.121. The number of ether oxygens (including phenoxy) is 1. The first-order valence-corrected chi connectivity index (χ1v) is 7.29. The van der Waals surface area contributed by atoms with Gasteiger partial charge in [-0.1, -0.05) is 0 Å². The highest BCUT2D eigenvalue weighted by molar-refractivity contribution is 5.94. The molecule has 1 saturated heterocycles. The molecule has 116 valence electrons. The van der Waals surface area contributed by atoms with Crippen molar-refractivity contribution in [3.05, 3.63) is 36.5 Å². The van der Waals surface area contributed by atoms with Crippen molar-refractivity contribution in [1.29, 1.82) is 0 Å². The standard InChI is InChI=1S/C15H18N4O3/c1-2-22-15-13(16-5-6-17-15)19-7-3-12(9-19)18-14(20)11-4-8-21-10-11/h4-6,8,10,12H,2-3,7,9H2,1H3,(H,18,20). The van der Waals surface area contributed by atoms with Gasteiger partial charge in [-0.3, -0.25) is 4.79 Å². The number of aromatic nitrogens is 2. The monoisotopic (exact) mass is 302 g/mol. The smallest absolute Gasteiger partial charge is 0.257 e. The van der Waals surface area contributed by atoms with Gasteiger partial charge in [0, 0.05) is 31.5 Å². The molecule has 1 fully saturated rings. The molecule has 0 aliphatic carbocycles. The normalized spacial score (nSPS) is 17.5. The number of amides is 1. The molecule has 2 aromatic rings. The van der Waals surface area contributed by atoms with Crippen molar-refractivity contribution in [2.45, 2.75) is 19.4 Å². The number of carbonyl (C=O) groups is 1. The van der Waals surface area contributed by atoms with E-state index < -0.39 is 0 Å². The number of nitrogens with one attached hydrogen (secondary N) is 1. The van der Waals surface area contributed by atoms with Gasteiger partial charge in [-0.2, -0.15) is 0 Å². The van der Waals surface area contributed by atoms with Crippen LogP contribution >= 0.6 is 0 Å². The number of furan rings is 1. The molecule has 1 aliphatic heterocycles.